The van der Waals surface area contributed by atoms with Crippen molar-refractivity contribution in [2.24, 2.45) is 0 Å². The van der Waals surface area contributed by atoms with Crippen LogP contribution in [0.2, 0.25) is 0 Å². The summed E-state index contributed by atoms with van der Waals surface area (Å²) in [5.41, 5.74) is -0.971. The molecule has 1 aliphatic rings. The van der Waals surface area contributed by atoms with Crippen LogP contribution >= 0.6 is 11.6 Å². The Hall–Kier alpha value is -0.350. The minimum Gasteiger partial charge on any atom is -0.366 e. The third kappa shape index (κ3) is 0.881. The average molecular weight is 152 g/mol. The summed E-state index contributed by atoms with van der Waals surface area (Å²) in [7, 11) is 0. The summed E-state index contributed by atoms with van der Waals surface area (Å²) in [6.45, 7) is 0.312. The van der Waals surface area contributed by atoms with Gasteiger partial charge in [0.25, 0.3) is 5.54 Å². The second-order valence-corrected chi connectivity index (χ2v) is 2.38. The van der Waals surface area contributed by atoms with E-state index in [0.29, 0.717) is 0 Å². The number of hydrogen-bond acceptors (Lipinski definition) is 3. The van der Waals surface area contributed by atoms with E-state index in [-0.39, 0.29) is 24.0 Å². The highest BCUT2D eigenvalue weighted by Gasteiger charge is 2.50. The van der Waals surface area contributed by atoms with Gasteiger partial charge in [0.15, 0.2) is 0 Å². The van der Waals surface area contributed by atoms with Gasteiger partial charge in [0.2, 0.25) is 0 Å². The minimum atomic E-state index is -0.971. The molecule has 1 fully saturated rings. The van der Waals surface area contributed by atoms with Crippen molar-refractivity contribution in [3.8, 4) is 0 Å². The van der Waals surface area contributed by atoms with Crippen LogP contribution in [0.3, 0.4) is 0 Å². The molecule has 0 N–H and O–H groups in total. The summed E-state index contributed by atoms with van der Waals surface area (Å²) < 4.78 is 4.66. The molecule has 1 aliphatic heterocycles. The van der Waals surface area contributed by atoms with Crippen LogP contribution in [-0.2, 0) is 4.74 Å². The first-order chi connectivity index (χ1) is 4.21. The van der Waals surface area contributed by atoms with E-state index in [9.17, 15) is 10.1 Å². The average Bonchev–Trinajstić information content (AvgIpc) is 1.62. The number of ether oxygens (including phenoxy) is 1. The van der Waals surface area contributed by atoms with Crippen LogP contribution in [0.15, 0.2) is 0 Å². The molecule has 0 unspecified atom stereocenters. The molecule has 5 heteroatoms. The number of halogens is 1. The summed E-state index contributed by atoms with van der Waals surface area (Å²) in [6.07, 6.45) is 0. The summed E-state index contributed by atoms with van der Waals surface area (Å²) in [4.78, 5) is 9.80. The third-order valence-corrected chi connectivity index (χ3v) is 1.88. The zero-order valence-electron chi connectivity index (χ0n) is 4.67. The highest BCUT2D eigenvalue weighted by atomic mass is 35.5. The number of rotatable bonds is 2. The lowest BCUT2D eigenvalue weighted by Gasteiger charge is -2.30. The topological polar surface area (TPSA) is 52.4 Å². The van der Waals surface area contributed by atoms with E-state index < -0.39 is 5.54 Å². The molecule has 0 aromatic heterocycles. The van der Waals surface area contributed by atoms with Crippen LogP contribution in [0.1, 0.15) is 0 Å². The molecule has 4 nitrogen and oxygen atoms in total. The molecule has 0 bridgehead atoms. The maximum absolute atomic E-state index is 10.2. The van der Waals surface area contributed by atoms with E-state index in [1.807, 2.05) is 0 Å². The predicted octanol–water partition coefficient (Wildman–Crippen LogP) is 0.271. The number of hydrogen-bond donors (Lipinski definition) is 0. The summed E-state index contributed by atoms with van der Waals surface area (Å²) in [6, 6.07) is 0. The normalized spacial score (nSPS) is 22.8. The molecule has 0 aliphatic carbocycles. The molecule has 1 saturated heterocycles. The van der Waals surface area contributed by atoms with Crippen LogP contribution in [-0.4, -0.2) is 29.6 Å². The van der Waals surface area contributed by atoms with Gasteiger partial charge in [0.05, 0.1) is 5.88 Å². The largest absolute Gasteiger partial charge is 0.366 e. The summed E-state index contributed by atoms with van der Waals surface area (Å²) in [5.74, 6) is 0.0417. The molecule has 0 aromatic carbocycles. The molecule has 0 atom stereocenters. The zero-order chi connectivity index (χ0) is 6.91. The van der Waals surface area contributed by atoms with E-state index in [0.717, 1.165) is 0 Å². The third-order valence-electron chi connectivity index (χ3n) is 1.38. The van der Waals surface area contributed by atoms with E-state index in [1.165, 1.54) is 0 Å². The second-order valence-electron chi connectivity index (χ2n) is 2.11. The molecule has 0 amide bonds. The molecule has 0 aromatic rings. The van der Waals surface area contributed by atoms with Gasteiger partial charge in [-0.15, -0.1) is 11.6 Å². The van der Waals surface area contributed by atoms with Crippen molar-refractivity contribution >= 4 is 11.6 Å². The van der Waals surface area contributed by atoms with Crippen LogP contribution in [0.4, 0.5) is 0 Å². The first-order valence-electron chi connectivity index (χ1n) is 2.49. The Morgan fingerprint density at radius 3 is 2.33 bits per heavy atom. The Labute approximate surface area is 56.9 Å². The Balaban J connectivity index is 2.57. The molecule has 1 heterocycles. The monoisotopic (exact) mass is 151 g/mol. The predicted molar refractivity (Wildman–Crippen MR) is 31.3 cm³/mol. The second kappa shape index (κ2) is 2.11. The Morgan fingerprint density at radius 2 is 2.33 bits per heavy atom. The molecule has 0 spiro atoms. The van der Waals surface area contributed by atoms with E-state index in [1.54, 1.807) is 0 Å². The van der Waals surface area contributed by atoms with E-state index in [4.69, 9.17) is 11.6 Å². The molecular weight excluding hydrogens is 146 g/mol. The lowest BCUT2D eigenvalue weighted by molar-refractivity contribution is -0.596. The Morgan fingerprint density at radius 1 is 1.78 bits per heavy atom. The molecule has 0 saturated carbocycles. The minimum absolute atomic E-state index is 0.0417. The van der Waals surface area contributed by atoms with Crippen LogP contribution in [0.25, 0.3) is 0 Å². The van der Waals surface area contributed by atoms with Gasteiger partial charge in [-0.1, -0.05) is 0 Å². The van der Waals surface area contributed by atoms with Gasteiger partial charge in [-0.3, -0.25) is 10.1 Å². The molecule has 52 valence electrons. The van der Waals surface area contributed by atoms with Gasteiger partial charge < -0.3 is 4.74 Å². The SMILES string of the molecule is O=[N+]([O-])C1(CCl)COC1. The lowest BCUT2D eigenvalue weighted by atomic mass is 10.0. The molecule has 1 rings (SSSR count). The lowest BCUT2D eigenvalue weighted by Crippen LogP contribution is -2.57. The summed E-state index contributed by atoms with van der Waals surface area (Å²) >= 11 is 5.33. The fraction of sp³-hybridized carbons (Fsp3) is 1.00. The highest BCUT2D eigenvalue weighted by molar-refractivity contribution is 6.18. The van der Waals surface area contributed by atoms with Crippen molar-refractivity contribution in [1.29, 1.82) is 0 Å². The van der Waals surface area contributed by atoms with Crippen LogP contribution in [0.5, 0.6) is 0 Å². The van der Waals surface area contributed by atoms with Gasteiger partial charge in [-0.05, 0) is 0 Å². The van der Waals surface area contributed by atoms with Crippen molar-refractivity contribution in [1.82, 2.24) is 0 Å². The molecular formula is C4H6ClNO3. The zero-order valence-corrected chi connectivity index (χ0v) is 5.43. The Kier molecular flexibility index (Phi) is 1.59. The van der Waals surface area contributed by atoms with Crippen molar-refractivity contribution in [3.63, 3.8) is 0 Å². The fourth-order valence-corrected chi connectivity index (χ4v) is 0.821. The molecule has 0 radical (unpaired) electrons. The quantitative estimate of drug-likeness (QED) is 0.323. The number of nitrogens with zero attached hydrogens (tertiary/aromatic N) is 1. The standard InChI is InChI=1S/C4H6ClNO3/c5-1-4(6(7)8)2-9-3-4/h1-3H2. The molecule has 9 heavy (non-hydrogen) atoms. The van der Waals surface area contributed by atoms with Crippen LogP contribution < -0.4 is 0 Å². The first-order valence-corrected chi connectivity index (χ1v) is 3.03. The van der Waals surface area contributed by atoms with Crippen molar-refractivity contribution in [2.45, 2.75) is 5.54 Å². The van der Waals surface area contributed by atoms with Crippen LogP contribution in [0, 0.1) is 10.1 Å². The first kappa shape index (κ1) is 6.77. The maximum atomic E-state index is 10.2. The van der Waals surface area contributed by atoms with Crippen molar-refractivity contribution in [2.75, 3.05) is 19.1 Å². The van der Waals surface area contributed by atoms with Gasteiger partial charge in [-0.2, -0.15) is 0 Å². The van der Waals surface area contributed by atoms with Gasteiger partial charge in [0, 0.05) is 4.92 Å². The number of alkyl halides is 1. The summed E-state index contributed by atoms with van der Waals surface area (Å²) in [5, 5.41) is 10.2. The maximum Gasteiger partial charge on any atom is 0.281 e. The van der Waals surface area contributed by atoms with Gasteiger partial charge >= 0.3 is 0 Å². The van der Waals surface area contributed by atoms with Crippen molar-refractivity contribution in [3.05, 3.63) is 10.1 Å². The van der Waals surface area contributed by atoms with E-state index in [2.05, 4.69) is 4.74 Å². The van der Waals surface area contributed by atoms with Gasteiger partial charge in [-0.25, -0.2) is 0 Å². The van der Waals surface area contributed by atoms with Crippen molar-refractivity contribution < 1.29 is 9.66 Å². The number of nitro groups is 1. The smallest absolute Gasteiger partial charge is 0.281 e. The van der Waals surface area contributed by atoms with E-state index >= 15 is 0 Å². The highest BCUT2D eigenvalue weighted by Crippen LogP contribution is 2.21. The Bertz CT molecular complexity index is 128. The fourth-order valence-electron chi connectivity index (χ4n) is 0.569. The van der Waals surface area contributed by atoms with Gasteiger partial charge in [0.1, 0.15) is 13.2 Å².